The zero-order chi connectivity index (χ0) is 10.8. The molecule has 0 aromatic heterocycles. The van der Waals surface area contributed by atoms with Crippen molar-refractivity contribution in [3.63, 3.8) is 0 Å². The third-order valence-electron chi connectivity index (χ3n) is 2.24. The van der Waals surface area contributed by atoms with Crippen LogP contribution in [0, 0.1) is 0 Å². The van der Waals surface area contributed by atoms with Gasteiger partial charge >= 0.3 is 5.38 Å². The van der Waals surface area contributed by atoms with E-state index in [1.54, 1.807) is 31.2 Å². The Morgan fingerprint density at radius 3 is 2.21 bits per heavy atom. The van der Waals surface area contributed by atoms with Gasteiger partial charge in [-0.1, -0.05) is 37.3 Å². The van der Waals surface area contributed by atoms with Crippen LogP contribution in [0.1, 0.15) is 18.4 Å². The summed E-state index contributed by atoms with van der Waals surface area (Å²) in [5, 5.41) is -3.37. The smallest absolute Gasteiger partial charge is 0.321 e. The van der Waals surface area contributed by atoms with Crippen LogP contribution in [0.3, 0.4) is 0 Å². The first-order valence-electron chi connectivity index (χ1n) is 4.30. The Labute approximate surface area is 86.9 Å². The summed E-state index contributed by atoms with van der Waals surface area (Å²) in [5.74, 6) is -0.469. The fraction of sp³-hybridized carbons (Fsp3) is 0.400. The number of nitrogens with two attached hydrogens (primary N) is 1. The molecule has 1 rings (SSSR count). The van der Waals surface area contributed by atoms with E-state index in [4.69, 9.17) is 17.3 Å². The summed E-state index contributed by atoms with van der Waals surface area (Å²) in [4.78, 5) is 0. The first-order chi connectivity index (χ1) is 6.43. The van der Waals surface area contributed by atoms with E-state index in [-0.39, 0.29) is 0 Å². The molecule has 0 bridgehead atoms. The highest BCUT2D eigenvalue weighted by Crippen LogP contribution is 2.31. The maximum Gasteiger partial charge on any atom is 0.337 e. The molecule has 0 spiro atoms. The van der Waals surface area contributed by atoms with Crippen LogP contribution in [0.4, 0.5) is 8.78 Å². The molecule has 0 radical (unpaired) electrons. The topological polar surface area (TPSA) is 26.0 Å². The summed E-state index contributed by atoms with van der Waals surface area (Å²) >= 11 is 4.87. The van der Waals surface area contributed by atoms with Crippen LogP contribution in [0.2, 0.25) is 0 Å². The fourth-order valence-corrected chi connectivity index (χ4v) is 1.44. The molecule has 2 unspecified atom stereocenters. The van der Waals surface area contributed by atoms with E-state index < -0.39 is 17.3 Å². The molecule has 1 nitrogen and oxygen atoms in total. The molecular formula is C10H12ClF2N. The van der Waals surface area contributed by atoms with E-state index in [2.05, 4.69) is 0 Å². The SMILES string of the molecule is CC(c1ccccc1)C(N)C(F)(F)Cl. The lowest BCUT2D eigenvalue weighted by Gasteiger charge is -2.23. The minimum Gasteiger partial charge on any atom is -0.321 e. The van der Waals surface area contributed by atoms with Crippen molar-refractivity contribution in [2.75, 3.05) is 0 Å². The monoisotopic (exact) mass is 219 g/mol. The molecule has 2 atom stereocenters. The Morgan fingerprint density at radius 2 is 1.79 bits per heavy atom. The van der Waals surface area contributed by atoms with Crippen molar-refractivity contribution >= 4 is 11.6 Å². The lowest BCUT2D eigenvalue weighted by atomic mass is 9.94. The van der Waals surface area contributed by atoms with Crippen LogP contribution < -0.4 is 5.73 Å². The predicted molar refractivity (Wildman–Crippen MR) is 53.6 cm³/mol. The molecular weight excluding hydrogens is 208 g/mol. The molecule has 0 saturated carbocycles. The highest BCUT2D eigenvalue weighted by molar-refractivity contribution is 6.22. The Balaban J connectivity index is 2.81. The van der Waals surface area contributed by atoms with E-state index in [0.717, 1.165) is 5.56 Å². The number of halogens is 3. The zero-order valence-corrected chi connectivity index (χ0v) is 8.51. The maximum absolute atomic E-state index is 12.7. The largest absolute Gasteiger partial charge is 0.337 e. The third kappa shape index (κ3) is 2.66. The molecule has 4 heteroatoms. The van der Waals surface area contributed by atoms with E-state index in [1.165, 1.54) is 0 Å². The molecule has 0 amide bonds. The second-order valence-electron chi connectivity index (χ2n) is 3.27. The Hall–Kier alpha value is -0.670. The van der Waals surface area contributed by atoms with Crippen molar-refractivity contribution < 1.29 is 8.78 Å². The average Bonchev–Trinajstić information content (AvgIpc) is 2.15. The second kappa shape index (κ2) is 4.24. The first kappa shape index (κ1) is 11.4. The first-order valence-corrected chi connectivity index (χ1v) is 4.68. The summed E-state index contributed by atoms with van der Waals surface area (Å²) in [5.41, 5.74) is 6.11. The molecule has 0 aliphatic rings. The maximum atomic E-state index is 12.7. The number of hydrogen-bond donors (Lipinski definition) is 1. The van der Waals surface area contributed by atoms with Gasteiger partial charge in [-0.3, -0.25) is 0 Å². The van der Waals surface area contributed by atoms with Gasteiger partial charge in [0.1, 0.15) is 0 Å². The minimum absolute atomic E-state index is 0.469. The molecule has 0 aliphatic heterocycles. The fourth-order valence-electron chi connectivity index (χ4n) is 1.25. The second-order valence-corrected chi connectivity index (χ2v) is 3.77. The molecule has 0 aliphatic carbocycles. The molecule has 0 fully saturated rings. The quantitative estimate of drug-likeness (QED) is 0.778. The molecule has 1 aromatic rings. The standard InChI is InChI=1S/C10H12ClF2N/c1-7(9(14)10(11,12)13)8-5-3-2-4-6-8/h2-7,9H,14H2,1H3. The van der Waals surface area contributed by atoms with Gasteiger partial charge in [-0.25, -0.2) is 0 Å². The summed E-state index contributed by atoms with van der Waals surface area (Å²) in [6, 6.07) is 7.53. The lowest BCUT2D eigenvalue weighted by molar-refractivity contribution is 0.0572. The van der Waals surface area contributed by atoms with E-state index in [9.17, 15) is 8.78 Å². The highest BCUT2D eigenvalue weighted by Gasteiger charge is 2.38. The van der Waals surface area contributed by atoms with Crippen molar-refractivity contribution in [2.24, 2.45) is 5.73 Å². The van der Waals surface area contributed by atoms with Crippen molar-refractivity contribution in [1.82, 2.24) is 0 Å². The molecule has 2 N–H and O–H groups in total. The average molecular weight is 220 g/mol. The van der Waals surface area contributed by atoms with Gasteiger partial charge in [0.25, 0.3) is 0 Å². The predicted octanol–water partition coefficient (Wildman–Crippen LogP) is 2.95. The van der Waals surface area contributed by atoms with E-state index >= 15 is 0 Å². The molecule has 0 heterocycles. The Kier molecular flexibility index (Phi) is 3.45. The van der Waals surface area contributed by atoms with Crippen LogP contribution >= 0.6 is 11.6 Å². The Morgan fingerprint density at radius 1 is 1.29 bits per heavy atom. The highest BCUT2D eigenvalue weighted by atomic mass is 35.5. The number of rotatable bonds is 3. The van der Waals surface area contributed by atoms with Crippen molar-refractivity contribution in [3.8, 4) is 0 Å². The summed E-state index contributed by atoms with van der Waals surface area (Å²) < 4.78 is 25.4. The third-order valence-corrected chi connectivity index (χ3v) is 2.49. The van der Waals surface area contributed by atoms with Crippen LogP contribution in [0.15, 0.2) is 30.3 Å². The van der Waals surface area contributed by atoms with Gasteiger partial charge < -0.3 is 5.73 Å². The van der Waals surface area contributed by atoms with E-state index in [1.807, 2.05) is 6.07 Å². The molecule has 0 saturated heterocycles. The number of hydrogen-bond acceptors (Lipinski definition) is 1. The van der Waals surface area contributed by atoms with Crippen LogP contribution in [0.25, 0.3) is 0 Å². The van der Waals surface area contributed by atoms with Gasteiger partial charge in [0.05, 0.1) is 6.04 Å². The number of alkyl halides is 3. The minimum atomic E-state index is -3.37. The van der Waals surface area contributed by atoms with Gasteiger partial charge in [-0.15, -0.1) is 0 Å². The number of benzene rings is 1. The Bertz CT molecular complexity index is 284. The molecule has 14 heavy (non-hydrogen) atoms. The van der Waals surface area contributed by atoms with Crippen LogP contribution in [-0.4, -0.2) is 11.4 Å². The van der Waals surface area contributed by atoms with Crippen molar-refractivity contribution in [3.05, 3.63) is 35.9 Å². The normalized spacial score (nSPS) is 16.4. The molecule has 78 valence electrons. The van der Waals surface area contributed by atoms with Gasteiger partial charge in [0.2, 0.25) is 0 Å². The van der Waals surface area contributed by atoms with Gasteiger partial charge in [0, 0.05) is 5.92 Å². The zero-order valence-electron chi connectivity index (χ0n) is 7.75. The van der Waals surface area contributed by atoms with Crippen molar-refractivity contribution in [2.45, 2.75) is 24.3 Å². The summed E-state index contributed by atoms with van der Waals surface area (Å²) in [7, 11) is 0. The molecule has 1 aromatic carbocycles. The lowest BCUT2D eigenvalue weighted by Crippen LogP contribution is -2.40. The van der Waals surface area contributed by atoms with Crippen molar-refractivity contribution in [1.29, 1.82) is 0 Å². The van der Waals surface area contributed by atoms with Gasteiger partial charge in [-0.2, -0.15) is 8.78 Å². The summed E-state index contributed by atoms with van der Waals surface area (Å²) in [6.45, 7) is 1.64. The summed E-state index contributed by atoms with van der Waals surface area (Å²) in [6.07, 6.45) is 0. The van der Waals surface area contributed by atoms with Crippen LogP contribution in [-0.2, 0) is 0 Å². The van der Waals surface area contributed by atoms with Gasteiger partial charge in [0.15, 0.2) is 0 Å². The van der Waals surface area contributed by atoms with E-state index in [0.29, 0.717) is 0 Å². The van der Waals surface area contributed by atoms with Gasteiger partial charge in [-0.05, 0) is 17.2 Å². The van der Waals surface area contributed by atoms with Crippen LogP contribution in [0.5, 0.6) is 0 Å².